The second kappa shape index (κ2) is 2.19. The van der Waals surface area contributed by atoms with Crippen LogP contribution in [0, 0.1) is 0 Å². The van der Waals surface area contributed by atoms with Crippen molar-refractivity contribution in [3.05, 3.63) is 12.2 Å². The van der Waals surface area contributed by atoms with E-state index < -0.39 is 12.0 Å². The molecule has 1 atom stereocenters. The molecule has 1 rings (SSSR count). The molecule has 1 aliphatic rings. The zero-order valence-corrected chi connectivity index (χ0v) is 5.24. The summed E-state index contributed by atoms with van der Waals surface area (Å²) in [6.07, 6.45) is 3.56. The van der Waals surface area contributed by atoms with E-state index in [1.54, 1.807) is 18.0 Å². The third-order valence-electron chi connectivity index (χ3n) is 1.44. The first-order valence-corrected chi connectivity index (χ1v) is 2.81. The highest BCUT2D eigenvalue weighted by Crippen LogP contribution is 2.05. The number of rotatable bonds is 1. The Balaban J connectivity index is 2.59. The van der Waals surface area contributed by atoms with E-state index >= 15 is 0 Å². The van der Waals surface area contributed by atoms with Gasteiger partial charge in [-0.05, 0) is 7.05 Å². The molecule has 0 radical (unpaired) electrons. The van der Waals surface area contributed by atoms with Gasteiger partial charge in [-0.3, -0.25) is 9.69 Å². The fourth-order valence-electron chi connectivity index (χ4n) is 0.887. The maximum Gasteiger partial charge on any atom is 0.324 e. The van der Waals surface area contributed by atoms with Crippen molar-refractivity contribution in [1.29, 1.82) is 0 Å². The lowest BCUT2D eigenvalue weighted by Crippen LogP contribution is -2.32. The first-order valence-electron chi connectivity index (χ1n) is 2.81. The van der Waals surface area contributed by atoms with E-state index in [-0.39, 0.29) is 0 Å². The minimum absolute atomic E-state index is 0.398. The SMILES string of the molecule is CN1CC=C[C@H]1C(=O)O. The van der Waals surface area contributed by atoms with Crippen molar-refractivity contribution in [2.24, 2.45) is 0 Å². The van der Waals surface area contributed by atoms with Crippen molar-refractivity contribution in [2.75, 3.05) is 13.6 Å². The molecule has 0 aromatic rings. The van der Waals surface area contributed by atoms with Crippen LogP contribution in [0.3, 0.4) is 0 Å². The molecule has 0 unspecified atom stereocenters. The van der Waals surface area contributed by atoms with Crippen LogP contribution in [0.1, 0.15) is 0 Å². The highest BCUT2D eigenvalue weighted by atomic mass is 16.4. The zero-order chi connectivity index (χ0) is 6.85. The Morgan fingerprint density at radius 3 is 2.78 bits per heavy atom. The molecule has 0 bridgehead atoms. The number of hydrogen-bond donors (Lipinski definition) is 1. The van der Waals surface area contributed by atoms with E-state index in [1.807, 2.05) is 6.08 Å². The van der Waals surface area contributed by atoms with E-state index in [2.05, 4.69) is 0 Å². The van der Waals surface area contributed by atoms with Gasteiger partial charge in [0.1, 0.15) is 6.04 Å². The Morgan fingerprint density at radius 1 is 1.89 bits per heavy atom. The van der Waals surface area contributed by atoms with Crippen molar-refractivity contribution in [2.45, 2.75) is 6.04 Å². The van der Waals surface area contributed by atoms with E-state index in [9.17, 15) is 4.79 Å². The summed E-state index contributed by atoms with van der Waals surface area (Å²) in [5, 5.41) is 8.49. The van der Waals surface area contributed by atoms with Gasteiger partial charge < -0.3 is 5.11 Å². The van der Waals surface area contributed by atoms with Crippen molar-refractivity contribution in [3.8, 4) is 0 Å². The highest BCUT2D eigenvalue weighted by molar-refractivity contribution is 5.76. The predicted octanol–water partition coefficient (Wildman–Crippen LogP) is -0.0588. The lowest BCUT2D eigenvalue weighted by atomic mass is 10.3. The fraction of sp³-hybridized carbons (Fsp3) is 0.500. The van der Waals surface area contributed by atoms with E-state index in [1.165, 1.54) is 0 Å². The highest BCUT2D eigenvalue weighted by Gasteiger charge is 2.21. The van der Waals surface area contributed by atoms with Crippen LogP contribution in [0.2, 0.25) is 0 Å². The summed E-state index contributed by atoms with van der Waals surface area (Å²) in [6.45, 7) is 0.747. The van der Waals surface area contributed by atoms with Gasteiger partial charge in [0.15, 0.2) is 0 Å². The first kappa shape index (κ1) is 6.29. The molecule has 0 aliphatic carbocycles. The summed E-state index contributed by atoms with van der Waals surface area (Å²) in [5.41, 5.74) is 0. The summed E-state index contributed by atoms with van der Waals surface area (Å²) in [6, 6.07) is -0.398. The van der Waals surface area contributed by atoms with Crippen LogP contribution in [0.15, 0.2) is 12.2 Å². The topological polar surface area (TPSA) is 40.5 Å². The fourth-order valence-corrected chi connectivity index (χ4v) is 0.887. The van der Waals surface area contributed by atoms with E-state index in [0.717, 1.165) is 6.54 Å². The third kappa shape index (κ3) is 1.10. The Labute approximate surface area is 53.6 Å². The van der Waals surface area contributed by atoms with Crippen LogP contribution >= 0.6 is 0 Å². The zero-order valence-electron chi connectivity index (χ0n) is 5.24. The monoisotopic (exact) mass is 127 g/mol. The van der Waals surface area contributed by atoms with E-state index in [4.69, 9.17) is 5.11 Å². The van der Waals surface area contributed by atoms with Gasteiger partial charge in [0.05, 0.1) is 0 Å². The number of nitrogens with zero attached hydrogens (tertiary/aromatic N) is 1. The summed E-state index contributed by atoms with van der Waals surface area (Å²) in [5.74, 6) is -0.772. The number of carboxylic acids is 1. The van der Waals surface area contributed by atoms with Gasteiger partial charge >= 0.3 is 5.97 Å². The molecule has 0 aromatic carbocycles. The normalized spacial score (nSPS) is 27.0. The van der Waals surface area contributed by atoms with Gasteiger partial charge in [0.25, 0.3) is 0 Å². The van der Waals surface area contributed by atoms with Crippen LogP contribution in [0.4, 0.5) is 0 Å². The molecule has 1 N–H and O–H groups in total. The number of likely N-dealkylation sites (N-methyl/N-ethyl adjacent to an activating group) is 1. The summed E-state index contributed by atoms with van der Waals surface area (Å²) in [7, 11) is 1.79. The second-order valence-corrected chi connectivity index (χ2v) is 2.15. The Kier molecular flexibility index (Phi) is 1.53. The number of carbonyl (C=O) groups is 1. The average molecular weight is 127 g/mol. The third-order valence-corrected chi connectivity index (χ3v) is 1.44. The van der Waals surface area contributed by atoms with E-state index in [0.29, 0.717) is 0 Å². The Hall–Kier alpha value is -0.830. The van der Waals surface area contributed by atoms with Gasteiger partial charge in [0, 0.05) is 6.54 Å². The molecule has 1 aliphatic heterocycles. The molecule has 3 heteroatoms. The van der Waals surface area contributed by atoms with Crippen LogP contribution in [0.25, 0.3) is 0 Å². The quantitative estimate of drug-likeness (QED) is 0.502. The molecule has 0 spiro atoms. The molecular weight excluding hydrogens is 118 g/mol. The molecule has 0 saturated heterocycles. The molecule has 0 amide bonds. The standard InChI is InChI=1S/C6H9NO2/c1-7-4-2-3-5(7)6(8)9/h2-3,5H,4H2,1H3,(H,8,9)/t5-/m0/s1. The van der Waals surface area contributed by atoms with Gasteiger partial charge in [0.2, 0.25) is 0 Å². The van der Waals surface area contributed by atoms with Crippen LogP contribution < -0.4 is 0 Å². The molecule has 0 aromatic heterocycles. The minimum atomic E-state index is -0.772. The van der Waals surface area contributed by atoms with Gasteiger partial charge in [-0.1, -0.05) is 12.2 Å². The molecular formula is C6H9NO2. The van der Waals surface area contributed by atoms with Crippen molar-refractivity contribution in [1.82, 2.24) is 4.90 Å². The summed E-state index contributed by atoms with van der Waals surface area (Å²) < 4.78 is 0. The van der Waals surface area contributed by atoms with Crippen molar-refractivity contribution < 1.29 is 9.90 Å². The van der Waals surface area contributed by atoms with Crippen LogP contribution in [-0.2, 0) is 4.79 Å². The number of carboxylic acid groups (broad SMARTS) is 1. The minimum Gasteiger partial charge on any atom is -0.480 e. The molecule has 0 saturated carbocycles. The predicted molar refractivity (Wildman–Crippen MR) is 33.2 cm³/mol. The molecule has 50 valence electrons. The summed E-state index contributed by atoms with van der Waals surface area (Å²) in [4.78, 5) is 12.1. The van der Waals surface area contributed by atoms with Crippen LogP contribution in [-0.4, -0.2) is 35.6 Å². The van der Waals surface area contributed by atoms with Gasteiger partial charge in [-0.15, -0.1) is 0 Å². The molecule has 0 fully saturated rings. The first-order chi connectivity index (χ1) is 4.22. The number of hydrogen-bond acceptors (Lipinski definition) is 2. The molecule has 9 heavy (non-hydrogen) atoms. The smallest absolute Gasteiger partial charge is 0.324 e. The maximum atomic E-state index is 10.3. The maximum absolute atomic E-state index is 10.3. The largest absolute Gasteiger partial charge is 0.480 e. The summed E-state index contributed by atoms with van der Waals surface area (Å²) >= 11 is 0. The average Bonchev–Trinajstić information content (AvgIpc) is 2.13. The van der Waals surface area contributed by atoms with Crippen LogP contribution in [0.5, 0.6) is 0 Å². The van der Waals surface area contributed by atoms with Gasteiger partial charge in [-0.2, -0.15) is 0 Å². The number of aliphatic carboxylic acids is 1. The van der Waals surface area contributed by atoms with Crippen molar-refractivity contribution >= 4 is 5.97 Å². The molecule has 1 heterocycles. The second-order valence-electron chi connectivity index (χ2n) is 2.15. The van der Waals surface area contributed by atoms with Gasteiger partial charge in [-0.25, -0.2) is 0 Å². The molecule has 3 nitrogen and oxygen atoms in total. The Morgan fingerprint density at radius 2 is 2.56 bits per heavy atom. The Bertz CT molecular complexity index is 153. The lowest BCUT2D eigenvalue weighted by molar-refractivity contribution is -0.140. The van der Waals surface area contributed by atoms with Crippen molar-refractivity contribution in [3.63, 3.8) is 0 Å². The lowest BCUT2D eigenvalue weighted by Gasteiger charge is -2.13.